The molecule has 1 saturated heterocycles. The first-order chi connectivity index (χ1) is 13.0. The van der Waals surface area contributed by atoms with Gasteiger partial charge < -0.3 is 14.6 Å². The number of methoxy groups -OCH3 is 1. The molecule has 0 spiro atoms. The van der Waals surface area contributed by atoms with E-state index in [0.29, 0.717) is 13.2 Å². The van der Waals surface area contributed by atoms with E-state index in [-0.39, 0.29) is 12.6 Å². The van der Waals surface area contributed by atoms with Gasteiger partial charge in [-0.05, 0) is 31.3 Å². The van der Waals surface area contributed by atoms with Gasteiger partial charge in [0.2, 0.25) is 0 Å². The number of hydrogen-bond donors (Lipinski definition) is 1. The van der Waals surface area contributed by atoms with Crippen molar-refractivity contribution in [1.82, 2.24) is 14.8 Å². The molecular formula is C19H25N3O4S. The number of hydrogen-bond acceptors (Lipinski definition) is 7. The Kier molecular flexibility index (Phi) is 6.78. The van der Waals surface area contributed by atoms with E-state index in [4.69, 9.17) is 19.6 Å². The fourth-order valence-corrected chi connectivity index (χ4v) is 3.97. The third-order valence-corrected chi connectivity index (χ3v) is 5.36. The van der Waals surface area contributed by atoms with Gasteiger partial charge in [-0.1, -0.05) is 0 Å². The highest BCUT2D eigenvalue weighted by Crippen LogP contribution is 2.26. The van der Waals surface area contributed by atoms with Crippen LogP contribution in [0.3, 0.4) is 0 Å². The smallest absolute Gasteiger partial charge is 0.317 e. The minimum atomic E-state index is -0.821. The predicted octanol–water partition coefficient (Wildman–Crippen LogP) is 2.04. The van der Waals surface area contributed by atoms with Crippen molar-refractivity contribution in [2.75, 3.05) is 46.9 Å². The van der Waals surface area contributed by atoms with Crippen LogP contribution >= 0.6 is 11.3 Å². The largest absolute Gasteiger partial charge is 0.497 e. The van der Waals surface area contributed by atoms with Crippen LogP contribution in [0.5, 0.6) is 5.75 Å². The SMILES string of the molecule is COc1ccc(-c2nc(CN3CCOC(CN(C)CC(=O)O)C3)cs2)cc1. The second-order valence-electron chi connectivity index (χ2n) is 6.69. The summed E-state index contributed by atoms with van der Waals surface area (Å²) >= 11 is 1.64. The van der Waals surface area contributed by atoms with Crippen LogP contribution < -0.4 is 4.74 Å². The summed E-state index contributed by atoms with van der Waals surface area (Å²) in [5.41, 5.74) is 2.13. The fraction of sp³-hybridized carbons (Fsp3) is 0.474. The van der Waals surface area contributed by atoms with Crippen LogP contribution in [-0.2, 0) is 16.1 Å². The number of morpholine rings is 1. The monoisotopic (exact) mass is 391 g/mol. The number of carboxylic acid groups (broad SMARTS) is 1. The van der Waals surface area contributed by atoms with Crippen molar-refractivity contribution in [3.05, 3.63) is 35.3 Å². The van der Waals surface area contributed by atoms with E-state index in [1.165, 1.54) is 0 Å². The van der Waals surface area contributed by atoms with Crippen LogP contribution in [0.25, 0.3) is 10.6 Å². The van der Waals surface area contributed by atoms with Crippen molar-refractivity contribution in [2.24, 2.45) is 0 Å². The minimum absolute atomic E-state index is 0.0165. The highest BCUT2D eigenvalue weighted by atomic mass is 32.1. The highest BCUT2D eigenvalue weighted by molar-refractivity contribution is 7.13. The molecule has 1 atom stereocenters. The predicted molar refractivity (Wildman–Crippen MR) is 104 cm³/mol. The number of carboxylic acids is 1. The lowest BCUT2D eigenvalue weighted by atomic mass is 10.2. The van der Waals surface area contributed by atoms with Crippen molar-refractivity contribution in [2.45, 2.75) is 12.6 Å². The molecule has 1 aromatic heterocycles. The maximum Gasteiger partial charge on any atom is 0.317 e. The molecule has 0 radical (unpaired) electrons. The van der Waals surface area contributed by atoms with Gasteiger partial charge in [0, 0.05) is 37.1 Å². The molecule has 27 heavy (non-hydrogen) atoms. The van der Waals surface area contributed by atoms with Gasteiger partial charge in [-0.15, -0.1) is 11.3 Å². The fourth-order valence-electron chi connectivity index (χ4n) is 3.15. The summed E-state index contributed by atoms with van der Waals surface area (Å²) in [6, 6.07) is 7.92. The molecule has 0 aliphatic carbocycles. The van der Waals surface area contributed by atoms with Crippen molar-refractivity contribution in [3.8, 4) is 16.3 Å². The van der Waals surface area contributed by atoms with Gasteiger partial charge in [0.05, 0.1) is 32.1 Å². The molecule has 0 bridgehead atoms. The molecule has 1 aromatic carbocycles. The zero-order valence-corrected chi connectivity index (χ0v) is 16.4. The summed E-state index contributed by atoms with van der Waals surface area (Å²) in [6.45, 7) is 3.69. The third-order valence-electron chi connectivity index (χ3n) is 4.42. The maximum absolute atomic E-state index is 10.8. The zero-order chi connectivity index (χ0) is 19.2. The van der Waals surface area contributed by atoms with Crippen molar-refractivity contribution in [1.29, 1.82) is 0 Å². The van der Waals surface area contributed by atoms with Gasteiger partial charge in [0.1, 0.15) is 10.8 Å². The van der Waals surface area contributed by atoms with Crippen LogP contribution in [0.15, 0.2) is 29.6 Å². The Morgan fingerprint density at radius 1 is 1.44 bits per heavy atom. The number of aliphatic carboxylic acids is 1. The molecule has 8 heteroatoms. The first kappa shape index (κ1) is 19.8. The van der Waals surface area contributed by atoms with Gasteiger partial charge in [-0.25, -0.2) is 4.98 Å². The van der Waals surface area contributed by atoms with Gasteiger partial charge >= 0.3 is 5.97 Å². The highest BCUT2D eigenvalue weighted by Gasteiger charge is 2.23. The summed E-state index contributed by atoms with van der Waals surface area (Å²) in [4.78, 5) is 19.7. The third kappa shape index (κ3) is 5.74. The standard InChI is InChI=1S/C19H25N3O4S/c1-21(12-18(23)24)10-17-11-22(7-8-26-17)9-15-13-27-19(20-15)14-3-5-16(25-2)6-4-14/h3-6,13,17H,7-12H2,1-2H3,(H,23,24). The molecule has 0 amide bonds. The van der Waals surface area contributed by atoms with E-state index >= 15 is 0 Å². The Morgan fingerprint density at radius 3 is 2.93 bits per heavy atom. The lowest BCUT2D eigenvalue weighted by molar-refractivity contribution is -0.138. The summed E-state index contributed by atoms with van der Waals surface area (Å²) < 4.78 is 11.0. The Bertz CT molecular complexity index is 750. The summed E-state index contributed by atoms with van der Waals surface area (Å²) in [5, 5.41) is 12.0. The summed E-state index contributed by atoms with van der Waals surface area (Å²) in [5.74, 6) is 0.0152. The lowest BCUT2D eigenvalue weighted by Crippen LogP contribution is -2.47. The molecule has 1 aliphatic heterocycles. The molecule has 1 fully saturated rings. The number of carbonyl (C=O) groups is 1. The molecule has 0 saturated carbocycles. The van der Waals surface area contributed by atoms with Gasteiger partial charge in [-0.3, -0.25) is 14.6 Å². The molecule has 1 N–H and O–H groups in total. The first-order valence-electron chi connectivity index (χ1n) is 8.86. The van der Waals surface area contributed by atoms with Crippen molar-refractivity contribution >= 4 is 17.3 Å². The number of nitrogens with zero attached hydrogens (tertiary/aromatic N) is 3. The Morgan fingerprint density at radius 2 is 2.22 bits per heavy atom. The van der Waals surface area contributed by atoms with Crippen LogP contribution in [0, 0.1) is 0 Å². The van der Waals surface area contributed by atoms with Crippen molar-refractivity contribution < 1.29 is 19.4 Å². The maximum atomic E-state index is 10.8. The van der Waals surface area contributed by atoms with Gasteiger partial charge in [0.15, 0.2) is 0 Å². The Hall–Kier alpha value is -2.00. The Labute approximate surface area is 163 Å². The average molecular weight is 391 g/mol. The molecule has 2 aromatic rings. The number of aromatic nitrogens is 1. The lowest BCUT2D eigenvalue weighted by Gasteiger charge is -2.34. The Balaban J connectivity index is 1.55. The van der Waals surface area contributed by atoms with Crippen molar-refractivity contribution in [3.63, 3.8) is 0 Å². The molecule has 1 unspecified atom stereocenters. The van der Waals surface area contributed by atoms with E-state index < -0.39 is 5.97 Å². The second-order valence-corrected chi connectivity index (χ2v) is 7.55. The first-order valence-corrected chi connectivity index (χ1v) is 9.74. The number of ether oxygens (including phenoxy) is 2. The summed E-state index contributed by atoms with van der Waals surface area (Å²) in [7, 11) is 3.46. The molecular weight excluding hydrogens is 366 g/mol. The molecule has 1 aliphatic rings. The number of rotatable bonds is 8. The normalized spacial score (nSPS) is 18.0. The van der Waals surface area contributed by atoms with Gasteiger partial charge in [0.25, 0.3) is 0 Å². The number of thiazole rings is 1. The van der Waals surface area contributed by atoms with Crippen LogP contribution in [-0.4, -0.2) is 78.9 Å². The quantitative estimate of drug-likeness (QED) is 0.738. The molecule has 7 nitrogen and oxygen atoms in total. The van der Waals surface area contributed by atoms with Crippen LogP contribution in [0.1, 0.15) is 5.69 Å². The number of benzene rings is 1. The van der Waals surface area contributed by atoms with E-state index in [1.807, 2.05) is 24.3 Å². The van der Waals surface area contributed by atoms with Gasteiger partial charge in [-0.2, -0.15) is 0 Å². The van der Waals surface area contributed by atoms with E-state index in [0.717, 1.165) is 41.6 Å². The number of likely N-dealkylation sites (N-methyl/N-ethyl adjacent to an activating group) is 1. The van der Waals surface area contributed by atoms with E-state index in [9.17, 15) is 4.79 Å². The van der Waals surface area contributed by atoms with E-state index in [1.54, 1.807) is 30.4 Å². The second kappa shape index (κ2) is 9.27. The average Bonchev–Trinajstić information content (AvgIpc) is 3.10. The van der Waals surface area contributed by atoms with Crippen LogP contribution in [0.2, 0.25) is 0 Å². The molecule has 146 valence electrons. The summed E-state index contributed by atoms with van der Waals surface area (Å²) in [6.07, 6.45) is 0.0165. The molecule has 3 rings (SSSR count). The topological polar surface area (TPSA) is 75.1 Å². The molecule has 2 heterocycles. The van der Waals surface area contributed by atoms with E-state index in [2.05, 4.69) is 10.3 Å². The zero-order valence-electron chi connectivity index (χ0n) is 15.6. The minimum Gasteiger partial charge on any atom is -0.497 e. The van der Waals surface area contributed by atoms with Crippen LogP contribution in [0.4, 0.5) is 0 Å².